The lowest BCUT2D eigenvalue weighted by molar-refractivity contribution is -0.155. The molecule has 1 heterocycles. The number of carbonyl (C=O) groups is 3. The number of amides is 2. The van der Waals surface area contributed by atoms with Crippen molar-refractivity contribution in [1.29, 1.82) is 0 Å². The number of anilines is 1. The maximum Gasteiger partial charge on any atom is 0.344 e. The van der Waals surface area contributed by atoms with E-state index in [-0.39, 0.29) is 12.2 Å². The van der Waals surface area contributed by atoms with Gasteiger partial charge in [-0.2, -0.15) is 0 Å². The molecule has 0 radical (unpaired) electrons. The van der Waals surface area contributed by atoms with Crippen LogP contribution in [0.1, 0.15) is 24.2 Å². The second-order valence-electron chi connectivity index (χ2n) is 5.34. The standard InChI is InChI=1S/C18H20N2O6S/c1-3-24-12-4-6-13(7-5-12)25-10-15(21)26-11(2)17(23)20-18-14(16(19)22)8-9-27-18/h4-9,11H,3,10H2,1-2H3,(H2,19,22)(H,20,23)/t11-/m0/s1. The van der Waals surface area contributed by atoms with E-state index in [4.69, 9.17) is 19.9 Å². The second-order valence-corrected chi connectivity index (χ2v) is 6.26. The molecule has 0 saturated carbocycles. The summed E-state index contributed by atoms with van der Waals surface area (Å²) in [6.45, 7) is 3.50. The van der Waals surface area contributed by atoms with E-state index in [1.807, 2.05) is 6.92 Å². The molecule has 3 N–H and O–H groups in total. The van der Waals surface area contributed by atoms with Crippen LogP contribution in [0.25, 0.3) is 0 Å². The van der Waals surface area contributed by atoms with Crippen molar-refractivity contribution in [3.05, 3.63) is 41.3 Å². The van der Waals surface area contributed by atoms with Crippen LogP contribution in [-0.2, 0) is 14.3 Å². The Morgan fingerprint density at radius 1 is 1.11 bits per heavy atom. The molecule has 1 atom stereocenters. The number of nitrogens with one attached hydrogen (secondary N) is 1. The van der Waals surface area contributed by atoms with Gasteiger partial charge in [-0.15, -0.1) is 11.3 Å². The molecule has 2 amide bonds. The van der Waals surface area contributed by atoms with Crippen LogP contribution in [0.3, 0.4) is 0 Å². The maximum absolute atomic E-state index is 12.1. The van der Waals surface area contributed by atoms with E-state index in [1.165, 1.54) is 13.0 Å². The van der Waals surface area contributed by atoms with Crippen LogP contribution in [0.15, 0.2) is 35.7 Å². The van der Waals surface area contributed by atoms with Crippen molar-refractivity contribution in [1.82, 2.24) is 0 Å². The normalized spacial score (nSPS) is 11.3. The minimum absolute atomic E-state index is 0.200. The molecule has 144 valence electrons. The fourth-order valence-corrected chi connectivity index (χ4v) is 2.83. The smallest absolute Gasteiger partial charge is 0.344 e. The molecule has 0 bridgehead atoms. The zero-order valence-electron chi connectivity index (χ0n) is 14.9. The van der Waals surface area contributed by atoms with Crippen molar-refractivity contribution in [3.8, 4) is 11.5 Å². The molecule has 27 heavy (non-hydrogen) atoms. The number of esters is 1. The minimum Gasteiger partial charge on any atom is -0.494 e. The van der Waals surface area contributed by atoms with Crippen molar-refractivity contribution < 1.29 is 28.6 Å². The van der Waals surface area contributed by atoms with Crippen LogP contribution >= 0.6 is 11.3 Å². The van der Waals surface area contributed by atoms with Gasteiger partial charge in [-0.05, 0) is 49.6 Å². The molecule has 1 aromatic heterocycles. The highest BCUT2D eigenvalue weighted by Crippen LogP contribution is 2.23. The number of carbonyl (C=O) groups excluding carboxylic acids is 3. The van der Waals surface area contributed by atoms with E-state index in [2.05, 4.69) is 5.32 Å². The van der Waals surface area contributed by atoms with Crippen LogP contribution in [0.2, 0.25) is 0 Å². The SMILES string of the molecule is CCOc1ccc(OCC(=O)O[C@@H](C)C(=O)Nc2sccc2C(N)=O)cc1. The maximum atomic E-state index is 12.1. The lowest BCUT2D eigenvalue weighted by Gasteiger charge is -2.14. The van der Waals surface area contributed by atoms with E-state index in [1.54, 1.807) is 29.6 Å². The van der Waals surface area contributed by atoms with Gasteiger partial charge in [0.1, 0.15) is 16.5 Å². The van der Waals surface area contributed by atoms with Crippen molar-refractivity contribution in [2.75, 3.05) is 18.5 Å². The zero-order valence-corrected chi connectivity index (χ0v) is 15.7. The molecule has 1 aromatic carbocycles. The first kappa shape index (κ1) is 20.2. The quantitative estimate of drug-likeness (QED) is 0.632. The Balaban J connectivity index is 1.81. The summed E-state index contributed by atoms with van der Waals surface area (Å²) < 4.78 is 15.7. The molecule has 9 heteroatoms. The third kappa shape index (κ3) is 6.00. The summed E-state index contributed by atoms with van der Waals surface area (Å²) in [5.41, 5.74) is 5.42. The molecular weight excluding hydrogens is 372 g/mol. The highest BCUT2D eigenvalue weighted by atomic mass is 32.1. The molecule has 8 nitrogen and oxygen atoms in total. The van der Waals surface area contributed by atoms with E-state index in [0.29, 0.717) is 23.1 Å². The first-order valence-corrected chi connectivity index (χ1v) is 9.02. The molecule has 0 aliphatic carbocycles. The second kappa shape index (κ2) is 9.58. The molecule has 0 fully saturated rings. The average molecular weight is 392 g/mol. The largest absolute Gasteiger partial charge is 0.494 e. The van der Waals surface area contributed by atoms with Gasteiger partial charge >= 0.3 is 5.97 Å². The molecule has 0 aliphatic rings. The summed E-state index contributed by atoms with van der Waals surface area (Å²) in [4.78, 5) is 35.2. The van der Waals surface area contributed by atoms with Crippen molar-refractivity contribution in [3.63, 3.8) is 0 Å². The lowest BCUT2D eigenvalue weighted by atomic mass is 10.3. The van der Waals surface area contributed by atoms with Crippen molar-refractivity contribution >= 4 is 34.1 Å². The van der Waals surface area contributed by atoms with Gasteiger partial charge in [-0.3, -0.25) is 9.59 Å². The van der Waals surface area contributed by atoms with Crippen LogP contribution in [0.4, 0.5) is 5.00 Å². The van der Waals surface area contributed by atoms with Crippen molar-refractivity contribution in [2.24, 2.45) is 5.73 Å². The highest BCUT2D eigenvalue weighted by molar-refractivity contribution is 7.14. The van der Waals surface area contributed by atoms with Gasteiger partial charge in [-0.1, -0.05) is 0 Å². The molecule has 2 aromatic rings. The van der Waals surface area contributed by atoms with Crippen LogP contribution in [0, 0.1) is 0 Å². The van der Waals surface area contributed by atoms with E-state index in [0.717, 1.165) is 11.3 Å². The summed E-state index contributed by atoms with van der Waals surface area (Å²) >= 11 is 1.15. The average Bonchev–Trinajstić information content (AvgIpc) is 3.09. The highest BCUT2D eigenvalue weighted by Gasteiger charge is 2.20. The Morgan fingerprint density at radius 3 is 2.33 bits per heavy atom. The van der Waals surface area contributed by atoms with Gasteiger partial charge in [0.05, 0.1) is 12.2 Å². The number of primary amides is 1. The third-order valence-electron chi connectivity index (χ3n) is 3.34. The van der Waals surface area contributed by atoms with Gasteiger partial charge in [0.2, 0.25) is 0 Å². The van der Waals surface area contributed by atoms with Crippen LogP contribution < -0.4 is 20.5 Å². The Bertz CT molecular complexity index is 802. The van der Waals surface area contributed by atoms with E-state index < -0.39 is 23.9 Å². The molecule has 0 aliphatic heterocycles. The number of hydrogen-bond donors (Lipinski definition) is 2. The number of hydrogen-bond acceptors (Lipinski definition) is 7. The van der Waals surface area contributed by atoms with Gasteiger partial charge in [0.25, 0.3) is 11.8 Å². The predicted molar refractivity (Wildman–Crippen MR) is 100 cm³/mol. The molecule has 0 spiro atoms. The lowest BCUT2D eigenvalue weighted by Crippen LogP contribution is -2.32. The van der Waals surface area contributed by atoms with Crippen molar-refractivity contribution in [2.45, 2.75) is 20.0 Å². The summed E-state index contributed by atoms with van der Waals surface area (Å²) in [6, 6.07) is 8.27. The fourth-order valence-electron chi connectivity index (χ4n) is 2.04. The van der Waals surface area contributed by atoms with Gasteiger partial charge in [-0.25, -0.2) is 4.79 Å². The first-order chi connectivity index (χ1) is 12.9. The van der Waals surface area contributed by atoms with Crippen LogP contribution in [-0.4, -0.2) is 37.1 Å². The molecule has 0 unspecified atom stereocenters. The Labute approximate surface area is 160 Å². The summed E-state index contributed by atoms with van der Waals surface area (Å²) in [7, 11) is 0. The van der Waals surface area contributed by atoms with Gasteiger partial charge in [0, 0.05) is 0 Å². The number of rotatable bonds is 9. The predicted octanol–water partition coefficient (Wildman–Crippen LogP) is 2.19. The Hall–Kier alpha value is -3.07. The minimum atomic E-state index is -1.07. The topological polar surface area (TPSA) is 117 Å². The van der Waals surface area contributed by atoms with E-state index >= 15 is 0 Å². The Morgan fingerprint density at radius 2 is 1.74 bits per heavy atom. The number of benzene rings is 1. The molecule has 2 rings (SSSR count). The summed E-state index contributed by atoms with van der Waals surface area (Å²) in [6.07, 6.45) is -1.07. The first-order valence-electron chi connectivity index (χ1n) is 8.14. The molecule has 0 saturated heterocycles. The molecular formula is C18H20N2O6S. The van der Waals surface area contributed by atoms with Gasteiger partial charge in [0.15, 0.2) is 12.7 Å². The number of thiophene rings is 1. The number of ether oxygens (including phenoxy) is 3. The van der Waals surface area contributed by atoms with Gasteiger partial charge < -0.3 is 25.3 Å². The monoisotopic (exact) mass is 392 g/mol. The zero-order chi connectivity index (χ0) is 19.8. The number of nitrogens with two attached hydrogens (primary N) is 1. The Kier molecular flexibility index (Phi) is 7.18. The third-order valence-corrected chi connectivity index (χ3v) is 4.17. The summed E-state index contributed by atoms with van der Waals surface area (Å²) in [5, 5.41) is 4.44. The van der Waals surface area contributed by atoms with E-state index in [9.17, 15) is 14.4 Å². The summed E-state index contributed by atoms with van der Waals surface area (Å²) in [5.74, 6) is -0.763. The fraction of sp³-hybridized carbons (Fsp3) is 0.278. The van der Waals surface area contributed by atoms with Crippen LogP contribution in [0.5, 0.6) is 11.5 Å².